The van der Waals surface area contributed by atoms with E-state index in [9.17, 15) is 8.78 Å². The Hall–Kier alpha value is -2.43. The molecule has 0 heterocycles. The van der Waals surface area contributed by atoms with E-state index >= 15 is 0 Å². The second-order valence-electron chi connectivity index (χ2n) is 4.24. The van der Waals surface area contributed by atoms with Crippen molar-refractivity contribution in [2.45, 2.75) is 6.42 Å². The van der Waals surface area contributed by atoms with Gasteiger partial charge in [0, 0.05) is 12.2 Å². The molecule has 0 aliphatic heterocycles. The summed E-state index contributed by atoms with van der Waals surface area (Å²) < 4.78 is 26.4. The molecule has 0 unspecified atom stereocenters. The molecule has 20 heavy (non-hydrogen) atoms. The lowest BCUT2D eigenvalue weighted by molar-refractivity contribution is 0.585. The summed E-state index contributed by atoms with van der Waals surface area (Å²) in [5.41, 5.74) is 6.83. The number of hydrogen-bond acceptors (Lipinski definition) is 1. The zero-order valence-corrected chi connectivity index (χ0v) is 10.8. The van der Waals surface area contributed by atoms with E-state index in [1.165, 1.54) is 6.07 Å². The van der Waals surface area contributed by atoms with Crippen LogP contribution < -0.4 is 11.1 Å². The Balaban J connectivity index is 1.91. The van der Waals surface area contributed by atoms with Crippen molar-refractivity contribution in [3.8, 4) is 0 Å². The molecule has 2 rings (SSSR count). The molecule has 0 saturated carbocycles. The van der Waals surface area contributed by atoms with Gasteiger partial charge in [-0.05, 0) is 42.3 Å². The van der Waals surface area contributed by atoms with Crippen LogP contribution in [0.5, 0.6) is 0 Å². The van der Waals surface area contributed by atoms with Crippen LogP contribution in [0.4, 0.5) is 14.5 Å². The fourth-order valence-corrected chi connectivity index (χ4v) is 1.74. The highest BCUT2D eigenvalue weighted by atomic mass is 19.1. The number of aliphatic imine (C=N–C) groups is 1. The van der Waals surface area contributed by atoms with Crippen LogP contribution in [-0.4, -0.2) is 12.5 Å². The van der Waals surface area contributed by atoms with Crippen LogP contribution >= 0.6 is 0 Å². The van der Waals surface area contributed by atoms with Crippen LogP contribution in [0.15, 0.2) is 53.5 Å². The highest BCUT2D eigenvalue weighted by molar-refractivity contribution is 5.92. The van der Waals surface area contributed by atoms with E-state index in [4.69, 9.17) is 5.73 Å². The van der Waals surface area contributed by atoms with Gasteiger partial charge in [-0.1, -0.05) is 18.2 Å². The summed E-state index contributed by atoms with van der Waals surface area (Å²) in [6, 6.07) is 12.7. The summed E-state index contributed by atoms with van der Waals surface area (Å²) in [6.07, 6.45) is 0.292. The first kappa shape index (κ1) is 14.0. The van der Waals surface area contributed by atoms with Crippen molar-refractivity contribution in [1.29, 1.82) is 0 Å². The van der Waals surface area contributed by atoms with E-state index in [0.717, 1.165) is 17.8 Å². The van der Waals surface area contributed by atoms with Crippen molar-refractivity contribution in [3.05, 3.63) is 65.7 Å². The highest BCUT2D eigenvalue weighted by Crippen LogP contribution is 2.10. The van der Waals surface area contributed by atoms with E-state index in [0.29, 0.717) is 12.0 Å². The number of para-hydroxylation sites is 1. The van der Waals surface area contributed by atoms with E-state index < -0.39 is 11.6 Å². The number of hydrogen-bond donors (Lipinski definition) is 2. The minimum atomic E-state index is -0.458. The summed E-state index contributed by atoms with van der Waals surface area (Å²) in [5, 5.41) is 2.91. The maximum Gasteiger partial charge on any atom is 0.193 e. The maximum atomic E-state index is 13.4. The molecule has 0 saturated heterocycles. The Kier molecular flexibility index (Phi) is 4.65. The first-order valence-electron chi connectivity index (χ1n) is 6.21. The normalized spacial score (nSPS) is 11.4. The molecule has 0 aliphatic rings. The van der Waals surface area contributed by atoms with Gasteiger partial charge < -0.3 is 11.1 Å². The monoisotopic (exact) mass is 275 g/mol. The molecule has 0 aliphatic carbocycles. The zero-order valence-electron chi connectivity index (χ0n) is 10.8. The smallest absolute Gasteiger partial charge is 0.193 e. The van der Waals surface area contributed by atoms with Gasteiger partial charge in [-0.25, -0.2) is 8.78 Å². The number of guanidine groups is 1. The third kappa shape index (κ3) is 4.05. The Morgan fingerprint density at radius 3 is 2.60 bits per heavy atom. The molecule has 0 aromatic heterocycles. The molecule has 0 spiro atoms. The minimum absolute atomic E-state index is 0.244. The van der Waals surface area contributed by atoms with E-state index in [1.807, 2.05) is 30.3 Å². The molecule has 5 heteroatoms. The zero-order chi connectivity index (χ0) is 14.4. The number of rotatable bonds is 4. The van der Waals surface area contributed by atoms with Gasteiger partial charge in [-0.2, -0.15) is 0 Å². The predicted octanol–water partition coefficient (Wildman–Crippen LogP) is 2.93. The van der Waals surface area contributed by atoms with Gasteiger partial charge in [0.05, 0.1) is 0 Å². The SMILES string of the molecule is NC(=NCCc1cc(F)ccc1F)Nc1ccccc1. The van der Waals surface area contributed by atoms with Gasteiger partial charge in [0.2, 0.25) is 0 Å². The first-order valence-corrected chi connectivity index (χ1v) is 6.21. The number of nitrogens with zero attached hydrogens (tertiary/aromatic N) is 1. The van der Waals surface area contributed by atoms with Crippen molar-refractivity contribution in [1.82, 2.24) is 0 Å². The molecule has 3 N–H and O–H groups in total. The lowest BCUT2D eigenvalue weighted by atomic mass is 10.1. The van der Waals surface area contributed by atoms with Gasteiger partial charge in [0.25, 0.3) is 0 Å². The lowest BCUT2D eigenvalue weighted by Gasteiger charge is -2.05. The molecule has 2 aromatic rings. The van der Waals surface area contributed by atoms with E-state index in [-0.39, 0.29) is 12.5 Å². The first-order chi connectivity index (χ1) is 9.65. The third-order valence-corrected chi connectivity index (χ3v) is 2.72. The molecule has 0 fully saturated rings. The molecule has 0 amide bonds. The summed E-state index contributed by atoms with van der Waals surface area (Å²) in [5.74, 6) is -0.648. The summed E-state index contributed by atoms with van der Waals surface area (Å²) in [6.45, 7) is 0.284. The fourth-order valence-electron chi connectivity index (χ4n) is 1.74. The molecule has 0 atom stereocenters. The van der Waals surface area contributed by atoms with Gasteiger partial charge in [0.15, 0.2) is 5.96 Å². The second-order valence-corrected chi connectivity index (χ2v) is 4.24. The Morgan fingerprint density at radius 1 is 1.10 bits per heavy atom. The molecule has 104 valence electrons. The number of nitrogens with one attached hydrogen (secondary N) is 1. The standard InChI is InChI=1S/C15H15F2N3/c16-12-6-7-14(17)11(10-12)8-9-19-15(18)20-13-4-2-1-3-5-13/h1-7,10H,8-9H2,(H3,18,19,20). The number of benzene rings is 2. The van der Waals surface area contributed by atoms with Crippen LogP contribution in [0.1, 0.15) is 5.56 Å². The average molecular weight is 275 g/mol. The highest BCUT2D eigenvalue weighted by Gasteiger charge is 2.03. The Labute approximate surface area is 116 Å². The van der Waals surface area contributed by atoms with Crippen molar-refractivity contribution in [2.24, 2.45) is 10.7 Å². The molecular formula is C15H15F2N3. The summed E-state index contributed by atoms with van der Waals surface area (Å²) in [7, 11) is 0. The average Bonchev–Trinajstić information content (AvgIpc) is 2.44. The van der Waals surface area contributed by atoms with Gasteiger partial charge in [-0.15, -0.1) is 0 Å². The maximum absolute atomic E-state index is 13.4. The fraction of sp³-hybridized carbons (Fsp3) is 0.133. The van der Waals surface area contributed by atoms with Gasteiger partial charge in [-0.3, -0.25) is 4.99 Å². The molecule has 2 aromatic carbocycles. The molecule has 3 nitrogen and oxygen atoms in total. The van der Waals surface area contributed by atoms with Gasteiger partial charge in [0.1, 0.15) is 11.6 Å². The van der Waals surface area contributed by atoms with Crippen LogP contribution in [-0.2, 0) is 6.42 Å². The molecule has 0 radical (unpaired) electrons. The third-order valence-electron chi connectivity index (χ3n) is 2.72. The number of anilines is 1. The predicted molar refractivity (Wildman–Crippen MR) is 76.6 cm³/mol. The quantitative estimate of drug-likeness (QED) is 0.666. The lowest BCUT2D eigenvalue weighted by Crippen LogP contribution is -2.23. The van der Waals surface area contributed by atoms with Crippen LogP contribution in [0, 0.1) is 11.6 Å². The van der Waals surface area contributed by atoms with Crippen molar-refractivity contribution in [3.63, 3.8) is 0 Å². The summed E-state index contributed by atoms with van der Waals surface area (Å²) in [4.78, 5) is 4.08. The van der Waals surface area contributed by atoms with Crippen LogP contribution in [0.3, 0.4) is 0 Å². The second kappa shape index (κ2) is 6.65. The van der Waals surface area contributed by atoms with Crippen molar-refractivity contribution in [2.75, 3.05) is 11.9 Å². The summed E-state index contributed by atoms with van der Waals surface area (Å²) >= 11 is 0. The van der Waals surface area contributed by atoms with Crippen molar-refractivity contribution >= 4 is 11.6 Å². The Bertz CT molecular complexity index is 597. The number of halogens is 2. The van der Waals surface area contributed by atoms with Crippen LogP contribution in [0.2, 0.25) is 0 Å². The van der Waals surface area contributed by atoms with E-state index in [1.54, 1.807) is 0 Å². The topological polar surface area (TPSA) is 50.4 Å². The van der Waals surface area contributed by atoms with Crippen LogP contribution in [0.25, 0.3) is 0 Å². The van der Waals surface area contributed by atoms with Crippen molar-refractivity contribution < 1.29 is 8.78 Å². The minimum Gasteiger partial charge on any atom is -0.370 e. The Morgan fingerprint density at radius 2 is 1.85 bits per heavy atom. The van der Waals surface area contributed by atoms with Gasteiger partial charge >= 0.3 is 0 Å². The molecule has 0 bridgehead atoms. The molecular weight excluding hydrogens is 260 g/mol. The number of nitrogens with two attached hydrogens (primary N) is 1. The van der Waals surface area contributed by atoms with E-state index in [2.05, 4.69) is 10.3 Å². The largest absolute Gasteiger partial charge is 0.370 e.